The van der Waals surface area contributed by atoms with E-state index in [1.807, 2.05) is 18.2 Å². The summed E-state index contributed by atoms with van der Waals surface area (Å²) in [5, 5.41) is 30.8. The predicted octanol–water partition coefficient (Wildman–Crippen LogP) is 0.186. The van der Waals surface area contributed by atoms with Gasteiger partial charge in [0.05, 0.1) is 0 Å². The van der Waals surface area contributed by atoms with Crippen LogP contribution in [0.25, 0.3) is 0 Å². The first-order valence-corrected chi connectivity index (χ1v) is 15.1. The first-order chi connectivity index (χ1) is 22.5. The average Bonchev–Trinajstić information content (AvgIpc) is 3.04. The van der Waals surface area contributed by atoms with Crippen LogP contribution in [0.1, 0.15) is 42.0 Å². The van der Waals surface area contributed by atoms with E-state index in [-0.39, 0.29) is 56.4 Å². The summed E-state index contributed by atoms with van der Waals surface area (Å²) in [6.07, 6.45) is 0.538. The number of nitrogens with two attached hydrogens (primary N) is 3. The third-order valence-corrected chi connectivity index (χ3v) is 7.10. The van der Waals surface area contributed by atoms with E-state index in [1.165, 1.54) is 24.3 Å². The molecule has 0 saturated carbocycles. The van der Waals surface area contributed by atoms with E-state index in [2.05, 4.69) is 26.3 Å². The van der Waals surface area contributed by atoms with Crippen LogP contribution in [0.2, 0.25) is 0 Å². The van der Waals surface area contributed by atoms with Crippen molar-refractivity contribution in [3.8, 4) is 11.5 Å². The second-order valence-electron chi connectivity index (χ2n) is 10.8. The summed E-state index contributed by atoms with van der Waals surface area (Å²) in [6.45, 7) is 0.434. The molecule has 3 rings (SSSR count). The van der Waals surface area contributed by atoms with Gasteiger partial charge in [0.25, 0.3) is 0 Å². The van der Waals surface area contributed by atoms with Gasteiger partial charge in [-0.2, -0.15) is 0 Å². The lowest BCUT2D eigenvalue weighted by molar-refractivity contribution is -0.132. The highest BCUT2D eigenvalue weighted by atomic mass is 16.3. The zero-order valence-electron chi connectivity index (χ0n) is 25.9. The number of hydrogen-bond donors (Lipinski definition) is 9. The summed E-state index contributed by atoms with van der Waals surface area (Å²) >= 11 is 0. The maximum Gasteiger partial charge on any atom is 0.243 e. The van der Waals surface area contributed by atoms with Gasteiger partial charge in [-0.1, -0.05) is 54.6 Å². The second-order valence-corrected chi connectivity index (χ2v) is 10.8. The number of nitrogens with one attached hydrogen (secondary N) is 4. The molecule has 0 aliphatic heterocycles. The molecule has 4 amide bonds. The van der Waals surface area contributed by atoms with E-state index in [4.69, 9.17) is 17.2 Å². The Kier molecular flexibility index (Phi) is 14.0. The molecule has 3 aromatic carbocycles. The average molecular weight is 647 g/mol. The van der Waals surface area contributed by atoms with Gasteiger partial charge < -0.3 is 43.4 Å². The SMILES string of the molecule is NC(=O)CCNC(=O)[C@H](Cc1ccccc1)NC(=O)[C@@H](CCCN=C(N)N)NC(=O)[C@@H](NCc1ccc(O)cc1)c1ccc(O)cc1. The van der Waals surface area contributed by atoms with E-state index in [0.29, 0.717) is 12.0 Å². The van der Waals surface area contributed by atoms with E-state index < -0.39 is 41.8 Å². The van der Waals surface area contributed by atoms with Crippen molar-refractivity contribution >= 4 is 29.6 Å². The van der Waals surface area contributed by atoms with E-state index in [1.54, 1.807) is 36.4 Å². The molecule has 0 aliphatic rings. The van der Waals surface area contributed by atoms with E-state index >= 15 is 0 Å². The van der Waals surface area contributed by atoms with Gasteiger partial charge in [0, 0.05) is 32.5 Å². The number of hydrogen-bond acceptors (Lipinski definition) is 8. The standard InChI is InChI=1S/C33H42N8O6/c34-28(44)16-18-37-30(45)27(19-21-5-2-1-3-6-21)41-31(46)26(7-4-17-38-33(35)36)40-32(47)29(23-10-14-25(43)15-11-23)39-20-22-8-12-24(42)13-9-22/h1-3,5-6,8-15,26-27,29,39,42-43H,4,7,16-20H2,(H2,34,44)(H,37,45)(H,40,47)(H,41,46)(H4,35,36,38)/t26-,27+,29+/m1/s1. The fourth-order valence-electron chi connectivity index (χ4n) is 4.65. The minimum absolute atomic E-state index is 0.00494. The Morgan fingerprint density at radius 3 is 1.96 bits per heavy atom. The molecule has 3 atom stereocenters. The number of rotatable bonds is 18. The smallest absolute Gasteiger partial charge is 0.243 e. The first kappa shape index (κ1) is 35.8. The maximum atomic E-state index is 13.8. The summed E-state index contributed by atoms with van der Waals surface area (Å²) < 4.78 is 0. The van der Waals surface area contributed by atoms with Crippen molar-refractivity contribution in [2.75, 3.05) is 13.1 Å². The molecule has 0 spiro atoms. The van der Waals surface area contributed by atoms with Crippen molar-refractivity contribution in [1.29, 1.82) is 0 Å². The molecule has 0 aliphatic carbocycles. The number of guanidine groups is 1. The molecular weight excluding hydrogens is 604 g/mol. The van der Waals surface area contributed by atoms with Gasteiger partial charge in [0.2, 0.25) is 23.6 Å². The van der Waals surface area contributed by atoms with Crippen molar-refractivity contribution < 1.29 is 29.4 Å². The molecule has 0 bridgehead atoms. The number of carbonyl (C=O) groups excluding carboxylic acids is 4. The molecule has 3 aromatic rings. The molecule has 0 saturated heterocycles. The fourth-order valence-corrected chi connectivity index (χ4v) is 4.65. The molecule has 0 unspecified atom stereocenters. The lowest BCUT2D eigenvalue weighted by Crippen LogP contribution is -2.55. The van der Waals surface area contributed by atoms with Crippen LogP contribution in [0, 0.1) is 0 Å². The maximum absolute atomic E-state index is 13.8. The molecule has 0 aromatic heterocycles. The van der Waals surface area contributed by atoms with Gasteiger partial charge in [0.15, 0.2) is 5.96 Å². The van der Waals surface area contributed by atoms with Crippen LogP contribution in [0.5, 0.6) is 11.5 Å². The van der Waals surface area contributed by atoms with Gasteiger partial charge in [0.1, 0.15) is 29.6 Å². The number of phenolic OH excluding ortho intramolecular Hbond substituents is 2. The number of aromatic hydroxyl groups is 2. The highest BCUT2D eigenvalue weighted by molar-refractivity contribution is 5.93. The number of amides is 4. The van der Waals surface area contributed by atoms with Crippen molar-refractivity contribution in [1.82, 2.24) is 21.3 Å². The Bertz CT molecular complexity index is 1500. The number of aliphatic imine (C=N–C) groups is 1. The van der Waals surface area contributed by atoms with Crippen molar-refractivity contribution in [2.45, 2.75) is 50.4 Å². The number of phenols is 2. The van der Waals surface area contributed by atoms with Gasteiger partial charge in [-0.15, -0.1) is 0 Å². The molecule has 250 valence electrons. The normalized spacial score (nSPS) is 12.6. The van der Waals surface area contributed by atoms with Crippen LogP contribution >= 0.6 is 0 Å². The molecule has 14 heteroatoms. The monoisotopic (exact) mass is 646 g/mol. The molecule has 14 nitrogen and oxygen atoms in total. The molecule has 0 heterocycles. The minimum atomic E-state index is -1.09. The quantitative estimate of drug-likeness (QED) is 0.0519. The Balaban J connectivity index is 1.84. The molecular formula is C33H42N8O6. The highest BCUT2D eigenvalue weighted by Gasteiger charge is 2.29. The van der Waals surface area contributed by atoms with Crippen LogP contribution in [-0.2, 0) is 32.1 Å². The third-order valence-electron chi connectivity index (χ3n) is 7.10. The summed E-state index contributed by atoms with van der Waals surface area (Å²) in [6, 6.07) is 18.5. The summed E-state index contributed by atoms with van der Waals surface area (Å²) in [5.41, 5.74) is 18.2. The van der Waals surface area contributed by atoms with Crippen molar-refractivity contribution in [2.24, 2.45) is 22.2 Å². The number of primary amides is 1. The van der Waals surface area contributed by atoms with Crippen LogP contribution in [-0.4, -0.2) is 65.0 Å². The number of benzene rings is 3. The van der Waals surface area contributed by atoms with Crippen molar-refractivity contribution in [3.05, 3.63) is 95.6 Å². The molecule has 0 radical (unpaired) electrons. The Labute approximate surface area is 272 Å². The lowest BCUT2D eigenvalue weighted by Gasteiger charge is -2.26. The van der Waals surface area contributed by atoms with Gasteiger partial charge >= 0.3 is 0 Å². The Morgan fingerprint density at radius 2 is 1.34 bits per heavy atom. The van der Waals surface area contributed by atoms with Crippen LogP contribution in [0.4, 0.5) is 0 Å². The summed E-state index contributed by atoms with van der Waals surface area (Å²) in [4.78, 5) is 55.9. The number of carbonyl (C=O) groups is 4. The fraction of sp³-hybridized carbons (Fsp3) is 0.303. The Morgan fingerprint density at radius 1 is 0.723 bits per heavy atom. The van der Waals surface area contributed by atoms with Crippen molar-refractivity contribution in [3.63, 3.8) is 0 Å². The van der Waals surface area contributed by atoms with Gasteiger partial charge in [-0.05, 0) is 53.8 Å². The molecule has 12 N–H and O–H groups in total. The van der Waals surface area contributed by atoms with E-state index in [0.717, 1.165) is 11.1 Å². The van der Waals surface area contributed by atoms with Crippen LogP contribution < -0.4 is 38.5 Å². The topological polar surface area (TPSA) is 247 Å². The summed E-state index contributed by atoms with van der Waals surface area (Å²) in [7, 11) is 0. The van der Waals surface area contributed by atoms with Crippen LogP contribution in [0.3, 0.4) is 0 Å². The molecule has 0 fully saturated rings. The van der Waals surface area contributed by atoms with Crippen LogP contribution in [0.15, 0.2) is 83.9 Å². The van der Waals surface area contributed by atoms with Gasteiger partial charge in [-0.25, -0.2) is 0 Å². The predicted molar refractivity (Wildman–Crippen MR) is 177 cm³/mol. The molecule has 47 heavy (non-hydrogen) atoms. The minimum Gasteiger partial charge on any atom is -0.508 e. The lowest BCUT2D eigenvalue weighted by atomic mass is 10.0. The third kappa shape index (κ3) is 12.7. The van der Waals surface area contributed by atoms with E-state index in [9.17, 15) is 29.4 Å². The second kappa shape index (κ2) is 18.4. The first-order valence-electron chi connectivity index (χ1n) is 15.1. The highest BCUT2D eigenvalue weighted by Crippen LogP contribution is 2.19. The summed E-state index contributed by atoms with van der Waals surface area (Å²) in [5.74, 6) is -2.26. The Hall–Kier alpha value is -5.63. The largest absolute Gasteiger partial charge is 0.508 e. The zero-order chi connectivity index (χ0) is 34.2. The number of nitrogens with zero attached hydrogens (tertiary/aromatic N) is 1. The van der Waals surface area contributed by atoms with Gasteiger partial charge in [-0.3, -0.25) is 29.5 Å². The zero-order valence-corrected chi connectivity index (χ0v) is 25.9.